The van der Waals surface area contributed by atoms with E-state index < -0.39 is 0 Å². The fourth-order valence-electron chi connectivity index (χ4n) is 3.89. The highest BCUT2D eigenvalue weighted by molar-refractivity contribution is 5.79. The molecule has 1 aromatic heterocycles. The lowest BCUT2D eigenvalue weighted by Crippen LogP contribution is -2.44. The van der Waals surface area contributed by atoms with Gasteiger partial charge in [0.05, 0.1) is 25.0 Å². The number of amides is 1. The summed E-state index contributed by atoms with van der Waals surface area (Å²) in [7, 11) is 0. The van der Waals surface area contributed by atoms with Crippen molar-refractivity contribution in [1.29, 1.82) is 0 Å². The first-order chi connectivity index (χ1) is 13.3. The van der Waals surface area contributed by atoms with Gasteiger partial charge in [-0.15, -0.1) is 0 Å². The third kappa shape index (κ3) is 4.48. The van der Waals surface area contributed by atoms with Gasteiger partial charge in [-0.05, 0) is 49.4 Å². The lowest BCUT2D eigenvalue weighted by Gasteiger charge is -2.34. The van der Waals surface area contributed by atoms with Gasteiger partial charge in [-0.25, -0.2) is 0 Å². The van der Waals surface area contributed by atoms with Gasteiger partial charge in [0.1, 0.15) is 5.75 Å². The number of para-hydroxylation sites is 1. The molecule has 5 nitrogen and oxygen atoms in total. The molecule has 0 aliphatic carbocycles. The Morgan fingerprint density at radius 1 is 1.11 bits per heavy atom. The van der Waals surface area contributed by atoms with Crippen LogP contribution in [0, 0.1) is 5.92 Å². The molecular weight excluding hydrogens is 340 g/mol. The van der Waals surface area contributed by atoms with Gasteiger partial charge in [0, 0.05) is 25.2 Å². The number of hydrogen-bond donors (Lipinski definition) is 0. The van der Waals surface area contributed by atoms with Crippen molar-refractivity contribution in [2.45, 2.75) is 38.4 Å². The van der Waals surface area contributed by atoms with Gasteiger partial charge in [0.2, 0.25) is 5.91 Å². The maximum absolute atomic E-state index is 13.0. The van der Waals surface area contributed by atoms with Crippen LogP contribution >= 0.6 is 0 Å². The highest BCUT2D eigenvalue weighted by atomic mass is 16.5. The molecule has 1 amide bonds. The minimum atomic E-state index is 0.0136. The average Bonchev–Trinajstić information content (AvgIpc) is 2.95. The van der Waals surface area contributed by atoms with Crippen LogP contribution in [0.4, 0.5) is 0 Å². The maximum Gasteiger partial charge on any atom is 0.226 e. The molecule has 2 aromatic rings. The Kier molecular flexibility index (Phi) is 5.68. The van der Waals surface area contributed by atoms with E-state index in [4.69, 9.17) is 9.47 Å². The largest absolute Gasteiger partial charge is 0.493 e. The molecule has 0 spiro atoms. The van der Waals surface area contributed by atoms with E-state index >= 15 is 0 Å². The van der Waals surface area contributed by atoms with E-state index in [9.17, 15) is 4.79 Å². The summed E-state index contributed by atoms with van der Waals surface area (Å²) in [5.41, 5.74) is 2.09. The van der Waals surface area contributed by atoms with E-state index in [1.54, 1.807) is 6.20 Å². The second-order valence-electron chi connectivity index (χ2n) is 7.30. The topological polar surface area (TPSA) is 51.7 Å². The summed E-state index contributed by atoms with van der Waals surface area (Å²) in [6.07, 6.45) is 5.31. The van der Waals surface area contributed by atoms with Gasteiger partial charge in [-0.3, -0.25) is 9.78 Å². The van der Waals surface area contributed by atoms with Crippen LogP contribution < -0.4 is 4.74 Å². The van der Waals surface area contributed by atoms with Crippen molar-refractivity contribution in [2.24, 2.45) is 5.92 Å². The second kappa shape index (κ2) is 8.53. The number of carbonyl (C=O) groups excluding carboxylic acids is 1. The second-order valence-corrected chi connectivity index (χ2v) is 7.30. The zero-order valence-electron chi connectivity index (χ0n) is 15.5. The fraction of sp³-hybridized carbons (Fsp3) is 0.455. The van der Waals surface area contributed by atoms with Crippen molar-refractivity contribution >= 4 is 5.91 Å². The maximum atomic E-state index is 13.0. The van der Waals surface area contributed by atoms with Crippen molar-refractivity contribution in [1.82, 2.24) is 9.88 Å². The fourth-order valence-corrected chi connectivity index (χ4v) is 3.89. The number of hydrogen-bond acceptors (Lipinski definition) is 4. The number of pyridine rings is 1. The summed E-state index contributed by atoms with van der Waals surface area (Å²) in [4.78, 5) is 19.3. The molecule has 1 atom stereocenters. The highest BCUT2D eigenvalue weighted by Crippen LogP contribution is 2.28. The number of carbonyl (C=O) groups is 1. The molecule has 2 aliphatic heterocycles. The molecule has 0 bridgehead atoms. The molecule has 1 aromatic carbocycles. The van der Waals surface area contributed by atoms with Crippen molar-refractivity contribution in [2.75, 3.05) is 19.7 Å². The lowest BCUT2D eigenvalue weighted by molar-refractivity contribution is -0.138. The zero-order chi connectivity index (χ0) is 18.5. The lowest BCUT2D eigenvalue weighted by atomic mass is 9.94. The molecule has 1 fully saturated rings. The number of likely N-dealkylation sites (tertiary alicyclic amines) is 1. The van der Waals surface area contributed by atoms with Crippen LogP contribution in [0.25, 0.3) is 0 Å². The molecule has 0 N–H and O–H groups in total. The number of ether oxygens (including phenoxy) is 2. The predicted octanol–water partition coefficient (Wildman–Crippen LogP) is 3.23. The Bertz CT molecular complexity index is 757. The van der Waals surface area contributed by atoms with Gasteiger partial charge in [0.15, 0.2) is 0 Å². The van der Waals surface area contributed by atoms with E-state index in [2.05, 4.69) is 11.1 Å². The average molecular weight is 366 g/mol. The molecule has 27 heavy (non-hydrogen) atoms. The first kappa shape index (κ1) is 18.0. The Morgan fingerprint density at radius 3 is 2.74 bits per heavy atom. The summed E-state index contributed by atoms with van der Waals surface area (Å²) < 4.78 is 11.8. The van der Waals surface area contributed by atoms with Crippen LogP contribution in [0.1, 0.15) is 30.5 Å². The van der Waals surface area contributed by atoms with Crippen molar-refractivity contribution in [3.63, 3.8) is 0 Å². The Labute approximate surface area is 160 Å². The summed E-state index contributed by atoms with van der Waals surface area (Å²) in [5.74, 6) is 1.20. The molecular formula is C22H26N2O3. The van der Waals surface area contributed by atoms with Crippen LogP contribution in [0.15, 0.2) is 48.7 Å². The van der Waals surface area contributed by atoms with Crippen LogP contribution in [0.3, 0.4) is 0 Å². The molecule has 2 aliphatic rings. The zero-order valence-corrected chi connectivity index (χ0v) is 15.5. The minimum absolute atomic E-state index is 0.0136. The Morgan fingerprint density at radius 2 is 1.93 bits per heavy atom. The third-order valence-electron chi connectivity index (χ3n) is 5.46. The number of rotatable bonds is 4. The summed E-state index contributed by atoms with van der Waals surface area (Å²) in [5, 5.41) is 0. The molecule has 142 valence electrons. The van der Waals surface area contributed by atoms with E-state index in [1.807, 2.05) is 41.3 Å². The van der Waals surface area contributed by atoms with Crippen LogP contribution in [0.2, 0.25) is 0 Å². The predicted molar refractivity (Wildman–Crippen MR) is 102 cm³/mol. The first-order valence-corrected chi connectivity index (χ1v) is 9.80. The van der Waals surface area contributed by atoms with Gasteiger partial charge < -0.3 is 14.4 Å². The van der Waals surface area contributed by atoms with Gasteiger partial charge in [-0.1, -0.05) is 24.3 Å². The minimum Gasteiger partial charge on any atom is -0.493 e. The quantitative estimate of drug-likeness (QED) is 0.834. The Hall–Kier alpha value is -2.40. The van der Waals surface area contributed by atoms with E-state index in [0.717, 1.165) is 55.8 Å². The van der Waals surface area contributed by atoms with Gasteiger partial charge in [-0.2, -0.15) is 0 Å². The number of benzene rings is 1. The van der Waals surface area contributed by atoms with Crippen LogP contribution in [-0.4, -0.2) is 41.6 Å². The van der Waals surface area contributed by atoms with Crippen molar-refractivity contribution in [3.05, 3.63) is 59.9 Å². The van der Waals surface area contributed by atoms with Gasteiger partial charge in [0.25, 0.3) is 0 Å². The van der Waals surface area contributed by atoms with E-state index in [-0.39, 0.29) is 17.9 Å². The molecule has 0 saturated carbocycles. The normalized spacial score (nSPS) is 20.4. The molecule has 1 saturated heterocycles. The number of aromatic nitrogens is 1. The van der Waals surface area contributed by atoms with E-state index in [0.29, 0.717) is 13.2 Å². The molecule has 0 unspecified atom stereocenters. The Balaban J connectivity index is 1.28. The summed E-state index contributed by atoms with van der Waals surface area (Å²) in [6, 6.07) is 13.9. The molecule has 4 rings (SSSR count). The smallest absolute Gasteiger partial charge is 0.226 e. The standard InChI is InChI=1S/C22H26N2O3/c25-22(18-10-14-26-21-7-2-1-5-17(21)15-18)24-12-8-20(9-13-24)27-16-19-6-3-4-11-23-19/h1-7,11,18,20H,8-10,12-16H2/t18-/m0/s1. The summed E-state index contributed by atoms with van der Waals surface area (Å²) in [6.45, 7) is 2.68. The van der Waals surface area contributed by atoms with Crippen LogP contribution in [0.5, 0.6) is 5.75 Å². The SMILES string of the molecule is O=C([C@H]1CCOc2ccccc2C1)N1CCC(OCc2ccccn2)CC1. The van der Waals surface area contributed by atoms with Crippen LogP contribution in [-0.2, 0) is 22.6 Å². The highest BCUT2D eigenvalue weighted by Gasteiger charge is 2.30. The van der Waals surface area contributed by atoms with Crippen molar-refractivity contribution in [3.8, 4) is 5.75 Å². The van der Waals surface area contributed by atoms with Gasteiger partial charge >= 0.3 is 0 Å². The monoisotopic (exact) mass is 366 g/mol. The molecule has 0 radical (unpaired) electrons. The molecule has 5 heteroatoms. The third-order valence-corrected chi connectivity index (χ3v) is 5.46. The number of piperidine rings is 1. The van der Waals surface area contributed by atoms with E-state index in [1.165, 1.54) is 0 Å². The number of nitrogens with zero attached hydrogens (tertiary/aromatic N) is 2. The first-order valence-electron chi connectivity index (χ1n) is 9.80. The summed E-state index contributed by atoms with van der Waals surface area (Å²) >= 11 is 0. The molecule has 3 heterocycles. The number of fused-ring (bicyclic) bond motifs is 1. The van der Waals surface area contributed by atoms with Crippen molar-refractivity contribution < 1.29 is 14.3 Å².